The minimum absolute atomic E-state index is 0.0807. The smallest absolute Gasteiger partial charge is 0.250 e. The Morgan fingerprint density at radius 3 is 2.43 bits per heavy atom. The van der Waals surface area contributed by atoms with Crippen LogP contribution in [0.3, 0.4) is 0 Å². The quantitative estimate of drug-likeness (QED) is 0.723. The SMILES string of the molecule is CCC(CC)c1cn(C)c(=O)cc1C. The van der Waals surface area contributed by atoms with Gasteiger partial charge in [-0.2, -0.15) is 0 Å². The molecule has 0 spiro atoms. The van der Waals surface area contributed by atoms with Crippen LogP contribution in [-0.4, -0.2) is 4.57 Å². The maximum atomic E-state index is 11.4. The van der Waals surface area contributed by atoms with Crippen molar-refractivity contribution in [3.63, 3.8) is 0 Å². The molecule has 1 rings (SSSR count). The molecule has 0 saturated heterocycles. The lowest BCUT2D eigenvalue weighted by atomic mass is 9.92. The van der Waals surface area contributed by atoms with Gasteiger partial charge in [-0.3, -0.25) is 4.79 Å². The molecule has 1 heterocycles. The second-order valence-electron chi connectivity index (χ2n) is 3.87. The van der Waals surface area contributed by atoms with Crippen molar-refractivity contribution >= 4 is 0 Å². The van der Waals surface area contributed by atoms with Crippen LogP contribution in [0.1, 0.15) is 43.7 Å². The minimum atomic E-state index is 0.0807. The van der Waals surface area contributed by atoms with Gasteiger partial charge in [0.05, 0.1) is 0 Å². The first-order chi connectivity index (χ1) is 6.60. The minimum Gasteiger partial charge on any atom is -0.318 e. The van der Waals surface area contributed by atoms with Crippen molar-refractivity contribution in [1.29, 1.82) is 0 Å². The van der Waals surface area contributed by atoms with Crippen LogP contribution in [0.5, 0.6) is 0 Å². The maximum absolute atomic E-state index is 11.4. The fourth-order valence-electron chi connectivity index (χ4n) is 1.90. The van der Waals surface area contributed by atoms with Gasteiger partial charge >= 0.3 is 0 Å². The Kier molecular flexibility index (Phi) is 3.50. The highest BCUT2D eigenvalue weighted by atomic mass is 16.1. The van der Waals surface area contributed by atoms with Gasteiger partial charge in [0.15, 0.2) is 0 Å². The molecular formula is C12H19NO. The topological polar surface area (TPSA) is 22.0 Å². The summed E-state index contributed by atoms with van der Waals surface area (Å²) in [6.07, 6.45) is 4.25. The normalized spacial score (nSPS) is 10.9. The fraction of sp³-hybridized carbons (Fsp3) is 0.583. The lowest BCUT2D eigenvalue weighted by Gasteiger charge is -2.16. The number of aryl methyl sites for hydroxylation is 2. The van der Waals surface area contributed by atoms with Crippen molar-refractivity contribution in [1.82, 2.24) is 4.57 Å². The van der Waals surface area contributed by atoms with E-state index < -0.39 is 0 Å². The predicted octanol–water partition coefficient (Wildman–Crippen LogP) is 2.60. The molecule has 1 aromatic rings. The molecule has 0 amide bonds. The molecule has 1 aromatic heterocycles. The van der Waals surface area contributed by atoms with Gasteiger partial charge in [-0.15, -0.1) is 0 Å². The summed E-state index contributed by atoms with van der Waals surface area (Å²) in [5, 5.41) is 0. The average molecular weight is 193 g/mol. The van der Waals surface area contributed by atoms with E-state index in [0.29, 0.717) is 5.92 Å². The Morgan fingerprint density at radius 2 is 1.93 bits per heavy atom. The van der Waals surface area contributed by atoms with Crippen LogP contribution in [0.2, 0.25) is 0 Å². The maximum Gasteiger partial charge on any atom is 0.250 e. The summed E-state index contributed by atoms with van der Waals surface area (Å²) in [5.74, 6) is 0.585. The van der Waals surface area contributed by atoms with E-state index in [1.807, 2.05) is 20.2 Å². The highest BCUT2D eigenvalue weighted by Gasteiger charge is 2.10. The van der Waals surface area contributed by atoms with Crippen molar-refractivity contribution in [2.24, 2.45) is 7.05 Å². The molecule has 0 bridgehead atoms. The number of pyridine rings is 1. The Labute approximate surface area is 85.6 Å². The van der Waals surface area contributed by atoms with Crippen molar-refractivity contribution in [2.45, 2.75) is 39.5 Å². The zero-order chi connectivity index (χ0) is 10.7. The average Bonchev–Trinajstić information content (AvgIpc) is 2.15. The van der Waals surface area contributed by atoms with E-state index in [9.17, 15) is 4.79 Å². The third kappa shape index (κ3) is 2.06. The molecule has 0 aliphatic carbocycles. The van der Waals surface area contributed by atoms with E-state index in [2.05, 4.69) is 13.8 Å². The molecule has 0 radical (unpaired) electrons. The van der Waals surface area contributed by atoms with Gasteiger partial charge in [-0.25, -0.2) is 0 Å². The van der Waals surface area contributed by atoms with Gasteiger partial charge < -0.3 is 4.57 Å². The van der Waals surface area contributed by atoms with E-state index in [1.54, 1.807) is 10.6 Å². The summed E-state index contributed by atoms with van der Waals surface area (Å²) in [6.45, 7) is 6.41. The molecule has 0 aliphatic rings. The molecule has 2 nitrogen and oxygen atoms in total. The third-order valence-electron chi connectivity index (χ3n) is 2.90. The van der Waals surface area contributed by atoms with Crippen LogP contribution in [0, 0.1) is 6.92 Å². The summed E-state index contributed by atoms with van der Waals surface area (Å²) in [6, 6.07) is 1.73. The second-order valence-corrected chi connectivity index (χ2v) is 3.87. The molecule has 0 fully saturated rings. The zero-order valence-corrected chi connectivity index (χ0v) is 9.50. The van der Waals surface area contributed by atoms with Crippen molar-refractivity contribution < 1.29 is 0 Å². The molecule has 0 aliphatic heterocycles. The lowest BCUT2D eigenvalue weighted by Crippen LogP contribution is -2.17. The molecule has 2 heteroatoms. The van der Waals surface area contributed by atoms with Crippen LogP contribution in [-0.2, 0) is 7.05 Å². The molecule has 0 aromatic carbocycles. The monoisotopic (exact) mass is 193 g/mol. The number of hydrogen-bond donors (Lipinski definition) is 0. The van der Waals surface area contributed by atoms with E-state index in [4.69, 9.17) is 0 Å². The summed E-state index contributed by atoms with van der Waals surface area (Å²) in [4.78, 5) is 11.4. The first kappa shape index (κ1) is 11.0. The highest BCUT2D eigenvalue weighted by Crippen LogP contribution is 2.24. The van der Waals surface area contributed by atoms with Gasteiger partial charge in [0.25, 0.3) is 5.56 Å². The van der Waals surface area contributed by atoms with Crippen LogP contribution >= 0.6 is 0 Å². The Balaban J connectivity index is 3.20. The highest BCUT2D eigenvalue weighted by molar-refractivity contribution is 5.26. The molecule has 0 saturated carbocycles. The van der Waals surface area contributed by atoms with E-state index in [0.717, 1.165) is 18.4 Å². The fourth-order valence-corrected chi connectivity index (χ4v) is 1.90. The number of aromatic nitrogens is 1. The molecule has 14 heavy (non-hydrogen) atoms. The van der Waals surface area contributed by atoms with Crippen molar-refractivity contribution in [3.8, 4) is 0 Å². The summed E-state index contributed by atoms with van der Waals surface area (Å²) < 4.78 is 1.67. The lowest BCUT2D eigenvalue weighted by molar-refractivity contribution is 0.627. The number of hydrogen-bond acceptors (Lipinski definition) is 1. The Hall–Kier alpha value is -1.05. The standard InChI is InChI=1S/C12H19NO/c1-5-10(6-2)11-8-13(4)12(14)7-9(11)3/h7-8,10H,5-6H2,1-4H3. The summed E-state index contributed by atoms with van der Waals surface area (Å²) in [5.41, 5.74) is 2.52. The Morgan fingerprint density at radius 1 is 1.36 bits per heavy atom. The first-order valence-corrected chi connectivity index (χ1v) is 5.27. The third-order valence-corrected chi connectivity index (χ3v) is 2.90. The van der Waals surface area contributed by atoms with Gasteiger partial charge in [-0.05, 0) is 36.8 Å². The molecule has 0 atom stereocenters. The summed E-state index contributed by atoms with van der Waals surface area (Å²) in [7, 11) is 1.81. The first-order valence-electron chi connectivity index (χ1n) is 5.27. The molecule has 0 unspecified atom stereocenters. The van der Waals surface area contributed by atoms with Gasteiger partial charge in [0.2, 0.25) is 0 Å². The molecule has 0 N–H and O–H groups in total. The van der Waals surface area contributed by atoms with E-state index >= 15 is 0 Å². The van der Waals surface area contributed by atoms with E-state index in [-0.39, 0.29) is 5.56 Å². The largest absolute Gasteiger partial charge is 0.318 e. The van der Waals surface area contributed by atoms with Crippen LogP contribution in [0.4, 0.5) is 0 Å². The van der Waals surface area contributed by atoms with Crippen LogP contribution in [0.25, 0.3) is 0 Å². The summed E-state index contributed by atoms with van der Waals surface area (Å²) >= 11 is 0. The predicted molar refractivity (Wildman–Crippen MR) is 59.7 cm³/mol. The van der Waals surface area contributed by atoms with Gasteiger partial charge in [0.1, 0.15) is 0 Å². The van der Waals surface area contributed by atoms with Crippen molar-refractivity contribution in [3.05, 3.63) is 33.7 Å². The van der Waals surface area contributed by atoms with Gasteiger partial charge in [-0.1, -0.05) is 13.8 Å². The Bertz CT molecular complexity index is 361. The van der Waals surface area contributed by atoms with Crippen molar-refractivity contribution in [2.75, 3.05) is 0 Å². The van der Waals surface area contributed by atoms with E-state index in [1.165, 1.54) is 5.56 Å². The number of rotatable bonds is 3. The molecule has 78 valence electrons. The van der Waals surface area contributed by atoms with Crippen LogP contribution < -0.4 is 5.56 Å². The number of nitrogens with zero attached hydrogens (tertiary/aromatic N) is 1. The molecular weight excluding hydrogens is 174 g/mol. The van der Waals surface area contributed by atoms with Crippen LogP contribution in [0.15, 0.2) is 17.1 Å². The van der Waals surface area contributed by atoms with Gasteiger partial charge in [0, 0.05) is 19.3 Å². The second kappa shape index (κ2) is 4.45. The zero-order valence-electron chi connectivity index (χ0n) is 9.50.